The molecule has 1 saturated heterocycles. The maximum Gasteiger partial charge on any atom is 0.321 e. The Kier molecular flexibility index (Phi) is 5.83. The van der Waals surface area contributed by atoms with Gasteiger partial charge in [-0.25, -0.2) is 4.79 Å². The minimum absolute atomic E-state index is 0.112. The number of aryl methyl sites for hydroxylation is 1. The minimum Gasteiger partial charge on any atom is -0.396 e. The molecule has 1 aromatic carbocycles. The number of likely N-dealkylation sites (tertiary alicyclic amines) is 1. The van der Waals surface area contributed by atoms with Gasteiger partial charge in [0.1, 0.15) is 6.33 Å². The summed E-state index contributed by atoms with van der Waals surface area (Å²) < 4.78 is 1.89. The van der Waals surface area contributed by atoms with Crippen molar-refractivity contribution in [2.75, 3.05) is 25.0 Å². The van der Waals surface area contributed by atoms with Crippen LogP contribution in [-0.4, -0.2) is 50.5 Å². The van der Waals surface area contributed by atoms with Gasteiger partial charge in [-0.1, -0.05) is 30.8 Å². The van der Waals surface area contributed by atoms with Crippen molar-refractivity contribution < 1.29 is 9.90 Å². The fraction of sp³-hybridized carbons (Fsp3) is 0.500. The van der Waals surface area contributed by atoms with Crippen LogP contribution in [-0.2, 0) is 7.05 Å². The molecule has 1 aliphatic rings. The van der Waals surface area contributed by atoms with Gasteiger partial charge in [-0.2, -0.15) is 0 Å². The lowest BCUT2D eigenvalue weighted by Gasteiger charge is -2.18. The molecule has 1 fully saturated rings. The molecule has 2 heterocycles. The number of carbonyl (C=O) groups excluding carboxylic acids is 1. The van der Waals surface area contributed by atoms with E-state index in [0.717, 1.165) is 16.4 Å². The highest BCUT2D eigenvalue weighted by Gasteiger charge is 2.31. The zero-order chi connectivity index (χ0) is 18.7. The second-order valence-electron chi connectivity index (χ2n) is 6.87. The Labute approximate surface area is 157 Å². The van der Waals surface area contributed by atoms with Gasteiger partial charge in [-0.05, 0) is 30.5 Å². The normalized spacial score (nSPS) is 21.0. The summed E-state index contributed by atoms with van der Waals surface area (Å²) in [5.41, 5.74) is 1.89. The molecule has 0 saturated carbocycles. The first kappa shape index (κ1) is 18.7. The maximum atomic E-state index is 12.5. The average molecular weight is 375 g/mol. The number of benzene rings is 1. The Bertz CT molecular complexity index is 766. The van der Waals surface area contributed by atoms with Crippen LogP contribution in [0.2, 0.25) is 0 Å². The second-order valence-corrected chi connectivity index (χ2v) is 8.17. The number of thioether (sulfide) groups is 1. The molecule has 2 amide bonds. The number of hydrogen-bond acceptors (Lipinski definition) is 5. The summed E-state index contributed by atoms with van der Waals surface area (Å²) in [6.45, 7) is 5.57. The van der Waals surface area contributed by atoms with Crippen LogP contribution in [0.1, 0.15) is 24.7 Å². The number of amides is 2. The van der Waals surface area contributed by atoms with Crippen molar-refractivity contribution in [3.63, 3.8) is 0 Å². The first-order valence-corrected chi connectivity index (χ1v) is 9.63. The first-order chi connectivity index (χ1) is 12.5. The van der Waals surface area contributed by atoms with Crippen LogP contribution < -0.4 is 5.32 Å². The monoisotopic (exact) mass is 375 g/mol. The SMILES string of the molecule is CC1CN(C(=O)Nc2cccc([C@H](C)Sc3nncn3C)c2)CC1CO. The van der Waals surface area contributed by atoms with E-state index in [9.17, 15) is 9.90 Å². The Morgan fingerprint density at radius 2 is 2.27 bits per heavy atom. The van der Waals surface area contributed by atoms with Crippen molar-refractivity contribution in [1.29, 1.82) is 0 Å². The fourth-order valence-electron chi connectivity index (χ4n) is 3.12. The molecular weight excluding hydrogens is 350 g/mol. The standard InChI is InChI=1S/C18H25N5O2S/c1-12-8-23(9-15(12)10-24)17(25)20-16-6-4-5-14(7-16)13(2)26-18-21-19-11-22(18)3/h4-7,11-13,15,24H,8-10H2,1-3H3,(H,20,25)/t12?,13-,15?/m0/s1. The minimum atomic E-state index is -0.112. The number of aliphatic hydroxyl groups is 1. The van der Waals surface area contributed by atoms with E-state index >= 15 is 0 Å². The van der Waals surface area contributed by atoms with E-state index in [-0.39, 0.29) is 23.8 Å². The number of hydrogen-bond donors (Lipinski definition) is 2. The highest BCUT2D eigenvalue weighted by Crippen LogP contribution is 2.34. The second kappa shape index (κ2) is 8.09. The van der Waals surface area contributed by atoms with Crippen molar-refractivity contribution in [2.45, 2.75) is 24.3 Å². The number of aromatic nitrogens is 3. The molecule has 0 aliphatic carbocycles. The van der Waals surface area contributed by atoms with Gasteiger partial charge in [0, 0.05) is 43.6 Å². The zero-order valence-corrected chi connectivity index (χ0v) is 16.1. The zero-order valence-electron chi connectivity index (χ0n) is 15.3. The van der Waals surface area contributed by atoms with Gasteiger partial charge in [0.2, 0.25) is 0 Å². The fourth-order valence-corrected chi connectivity index (χ4v) is 4.02. The Morgan fingerprint density at radius 3 is 2.92 bits per heavy atom. The number of nitrogens with zero attached hydrogens (tertiary/aromatic N) is 4. The van der Waals surface area contributed by atoms with Crippen LogP contribution in [0.3, 0.4) is 0 Å². The highest BCUT2D eigenvalue weighted by molar-refractivity contribution is 7.99. The highest BCUT2D eigenvalue weighted by atomic mass is 32.2. The van der Waals surface area contributed by atoms with Crippen LogP contribution in [0.25, 0.3) is 0 Å². The number of rotatable bonds is 5. The third-order valence-corrected chi connectivity index (χ3v) is 6.06. The molecule has 2 unspecified atom stereocenters. The predicted octanol–water partition coefficient (Wildman–Crippen LogP) is 2.76. The summed E-state index contributed by atoms with van der Waals surface area (Å²) in [4.78, 5) is 14.3. The Morgan fingerprint density at radius 1 is 1.46 bits per heavy atom. The van der Waals surface area contributed by atoms with E-state index in [1.807, 2.05) is 35.9 Å². The van der Waals surface area contributed by atoms with E-state index in [0.29, 0.717) is 19.0 Å². The number of urea groups is 1. The summed E-state index contributed by atoms with van der Waals surface area (Å²) in [5.74, 6) is 0.481. The lowest BCUT2D eigenvalue weighted by Crippen LogP contribution is -2.33. The molecule has 1 aliphatic heterocycles. The molecule has 3 atom stereocenters. The Balaban J connectivity index is 1.64. The topological polar surface area (TPSA) is 83.3 Å². The third kappa shape index (κ3) is 4.19. The van der Waals surface area contributed by atoms with Gasteiger partial charge < -0.3 is 19.9 Å². The van der Waals surface area contributed by atoms with Crippen molar-refractivity contribution in [3.05, 3.63) is 36.2 Å². The van der Waals surface area contributed by atoms with Gasteiger partial charge in [0.05, 0.1) is 0 Å². The third-order valence-electron chi connectivity index (χ3n) is 4.85. The number of carbonyl (C=O) groups is 1. The molecule has 0 radical (unpaired) electrons. The molecule has 3 rings (SSSR count). The molecule has 8 heteroatoms. The molecular formula is C18H25N5O2S. The van der Waals surface area contributed by atoms with Crippen molar-refractivity contribution in [1.82, 2.24) is 19.7 Å². The number of nitrogens with one attached hydrogen (secondary N) is 1. The Hall–Kier alpha value is -2.06. The molecule has 26 heavy (non-hydrogen) atoms. The maximum absolute atomic E-state index is 12.5. The molecule has 0 spiro atoms. The quantitative estimate of drug-likeness (QED) is 0.785. The van der Waals surface area contributed by atoms with Crippen LogP contribution in [0.4, 0.5) is 10.5 Å². The van der Waals surface area contributed by atoms with Crippen LogP contribution in [0.5, 0.6) is 0 Å². The van der Waals surface area contributed by atoms with Crippen molar-refractivity contribution >= 4 is 23.5 Å². The van der Waals surface area contributed by atoms with E-state index in [1.165, 1.54) is 0 Å². The largest absolute Gasteiger partial charge is 0.396 e. The van der Waals surface area contributed by atoms with Crippen LogP contribution in [0.15, 0.2) is 35.7 Å². The number of anilines is 1. The summed E-state index contributed by atoms with van der Waals surface area (Å²) >= 11 is 1.62. The first-order valence-electron chi connectivity index (χ1n) is 8.75. The van der Waals surface area contributed by atoms with E-state index in [2.05, 4.69) is 29.4 Å². The smallest absolute Gasteiger partial charge is 0.321 e. The van der Waals surface area contributed by atoms with Gasteiger partial charge in [-0.3, -0.25) is 0 Å². The van der Waals surface area contributed by atoms with Crippen molar-refractivity contribution in [2.24, 2.45) is 18.9 Å². The van der Waals surface area contributed by atoms with Gasteiger partial charge in [0.25, 0.3) is 0 Å². The molecule has 1 aromatic heterocycles. The van der Waals surface area contributed by atoms with E-state index < -0.39 is 0 Å². The average Bonchev–Trinajstić information content (AvgIpc) is 3.20. The van der Waals surface area contributed by atoms with Crippen LogP contribution >= 0.6 is 11.8 Å². The lowest BCUT2D eigenvalue weighted by molar-refractivity contribution is 0.202. The lowest BCUT2D eigenvalue weighted by atomic mass is 10.00. The summed E-state index contributed by atoms with van der Waals surface area (Å²) in [6.07, 6.45) is 1.68. The molecule has 7 nitrogen and oxygen atoms in total. The van der Waals surface area contributed by atoms with Crippen molar-refractivity contribution in [3.8, 4) is 0 Å². The number of aliphatic hydroxyl groups excluding tert-OH is 1. The molecule has 2 aromatic rings. The predicted molar refractivity (Wildman–Crippen MR) is 102 cm³/mol. The van der Waals surface area contributed by atoms with E-state index in [1.54, 1.807) is 23.0 Å². The van der Waals surface area contributed by atoms with Crippen LogP contribution in [0, 0.1) is 11.8 Å². The molecule has 0 bridgehead atoms. The summed E-state index contributed by atoms with van der Waals surface area (Å²) in [5, 5.41) is 21.4. The van der Waals surface area contributed by atoms with Gasteiger partial charge in [0.15, 0.2) is 5.16 Å². The van der Waals surface area contributed by atoms with Gasteiger partial charge in [-0.15, -0.1) is 10.2 Å². The van der Waals surface area contributed by atoms with E-state index in [4.69, 9.17) is 0 Å². The van der Waals surface area contributed by atoms with Gasteiger partial charge >= 0.3 is 6.03 Å². The summed E-state index contributed by atoms with van der Waals surface area (Å²) in [7, 11) is 1.92. The molecule has 2 N–H and O–H groups in total. The summed E-state index contributed by atoms with van der Waals surface area (Å²) in [6, 6.07) is 7.77. The molecule has 140 valence electrons.